The van der Waals surface area contributed by atoms with Crippen molar-refractivity contribution < 1.29 is 10.0 Å². The second-order valence-corrected chi connectivity index (χ2v) is 4.71. The highest BCUT2D eigenvalue weighted by Gasteiger charge is 2.18. The lowest BCUT2D eigenvalue weighted by Crippen LogP contribution is -2.32. The van der Waals surface area contributed by atoms with E-state index in [9.17, 15) is 4.79 Å². The predicted octanol–water partition coefficient (Wildman–Crippen LogP) is 1.97. The van der Waals surface area contributed by atoms with Gasteiger partial charge in [0, 0.05) is 18.5 Å². The van der Waals surface area contributed by atoms with Gasteiger partial charge < -0.3 is 10.1 Å². The molecule has 0 aromatic carbocycles. The zero-order chi connectivity index (χ0) is 12.3. The quantitative estimate of drug-likeness (QED) is 0.481. The molecule has 0 atom stereocenters. The molecule has 1 saturated heterocycles. The number of urea groups is 1. The number of oxime groups is 1. The molecule has 2 rings (SSSR count). The number of carbonyl (C=O) groups is 1. The second kappa shape index (κ2) is 5.13. The van der Waals surface area contributed by atoms with Crippen LogP contribution in [0.2, 0.25) is 0 Å². The molecule has 2 N–H and O–H groups in total. The van der Waals surface area contributed by atoms with Crippen LogP contribution in [0.5, 0.6) is 0 Å². The molecule has 1 aliphatic rings. The summed E-state index contributed by atoms with van der Waals surface area (Å²) in [5.41, 5.74) is 1.01. The van der Waals surface area contributed by atoms with Crippen molar-refractivity contribution in [2.75, 3.05) is 18.4 Å². The minimum Gasteiger partial charge on any atom is -0.411 e. The minimum atomic E-state index is -0.109. The van der Waals surface area contributed by atoms with E-state index in [2.05, 4.69) is 15.5 Å². The van der Waals surface area contributed by atoms with Crippen LogP contribution in [0.15, 0.2) is 10.5 Å². The summed E-state index contributed by atoms with van der Waals surface area (Å²) in [5, 5.41) is 16.7. The number of anilines is 1. The highest BCUT2D eigenvalue weighted by molar-refractivity contribution is 7.14. The minimum absolute atomic E-state index is 0.109. The molecule has 1 aromatic rings. The van der Waals surface area contributed by atoms with E-state index in [-0.39, 0.29) is 6.03 Å². The van der Waals surface area contributed by atoms with Crippen molar-refractivity contribution in [3.05, 3.63) is 11.1 Å². The lowest BCUT2D eigenvalue weighted by atomic mass is 10.3. The molecule has 0 unspecified atom stereocenters. The van der Waals surface area contributed by atoms with Crippen molar-refractivity contribution in [3.8, 4) is 0 Å². The van der Waals surface area contributed by atoms with Gasteiger partial charge in [0.25, 0.3) is 0 Å². The Morgan fingerprint density at radius 1 is 1.59 bits per heavy atom. The molecular formula is C10H14N4O2S. The van der Waals surface area contributed by atoms with E-state index in [1.165, 1.54) is 11.3 Å². The van der Waals surface area contributed by atoms with Crippen molar-refractivity contribution in [2.24, 2.45) is 5.16 Å². The first-order chi connectivity index (χ1) is 8.20. The summed E-state index contributed by atoms with van der Waals surface area (Å²) in [6, 6.07) is -0.109. The molecule has 17 heavy (non-hydrogen) atoms. The molecule has 92 valence electrons. The molecule has 2 amide bonds. The average molecular weight is 254 g/mol. The van der Waals surface area contributed by atoms with Crippen molar-refractivity contribution in [2.45, 2.75) is 19.8 Å². The highest BCUT2D eigenvalue weighted by Crippen LogP contribution is 2.17. The molecule has 0 radical (unpaired) electrons. The molecule has 2 heterocycles. The Labute approximate surface area is 103 Å². The van der Waals surface area contributed by atoms with Crippen LogP contribution in [0.4, 0.5) is 9.93 Å². The standard InChI is InChI=1S/C10H14N4O2S/c1-7(13-16)8-6-17-9(11-8)12-10(15)14-4-2-3-5-14/h6,16H,2-5H2,1H3,(H,11,12,15). The Morgan fingerprint density at radius 2 is 2.29 bits per heavy atom. The Balaban J connectivity index is 1.99. The largest absolute Gasteiger partial charge is 0.411 e. The molecule has 0 bridgehead atoms. The van der Waals surface area contributed by atoms with Crippen LogP contribution < -0.4 is 5.32 Å². The molecule has 1 fully saturated rings. The number of aromatic nitrogens is 1. The van der Waals surface area contributed by atoms with E-state index < -0.39 is 0 Å². The van der Waals surface area contributed by atoms with Gasteiger partial charge in [-0.15, -0.1) is 11.3 Å². The van der Waals surface area contributed by atoms with Crippen LogP contribution in [-0.4, -0.2) is 39.9 Å². The first-order valence-electron chi connectivity index (χ1n) is 5.41. The van der Waals surface area contributed by atoms with Gasteiger partial charge >= 0.3 is 6.03 Å². The van der Waals surface area contributed by atoms with Gasteiger partial charge in [-0.05, 0) is 19.8 Å². The average Bonchev–Trinajstić information content (AvgIpc) is 2.98. The van der Waals surface area contributed by atoms with Gasteiger partial charge in [0.15, 0.2) is 5.13 Å². The molecule has 1 aromatic heterocycles. The maximum absolute atomic E-state index is 11.8. The number of hydrogen-bond donors (Lipinski definition) is 2. The fraction of sp³-hybridized carbons (Fsp3) is 0.500. The number of likely N-dealkylation sites (tertiary alicyclic amines) is 1. The van der Waals surface area contributed by atoms with Gasteiger partial charge in [0.05, 0.1) is 0 Å². The predicted molar refractivity (Wildman–Crippen MR) is 65.9 cm³/mol. The molecule has 0 aliphatic carbocycles. The van der Waals surface area contributed by atoms with Crippen molar-refractivity contribution >= 4 is 28.2 Å². The molecule has 7 heteroatoms. The van der Waals surface area contributed by atoms with Crippen LogP contribution in [0.25, 0.3) is 0 Å². The van der Waals surface area contributed by atoms with Crippen LogP contribution in [0.1, 0.15) is 25.5 Å². The van der Waals surface area contributed by atoms with Gasteiger partial charge in [0.1, 0.15) is 11.4 Å². The Kier molecular flexibility index (Phi) is 3.58. The SMILES string of the molecule is CC(=NO)c1csc(NC(=O)N2CCCC2)n1. The van der Waals surface area contributed by atoms with E-state index in [0.29, 0.717) is 16.5 Å². The number of nitrogens with one attached hydrogen (secondary N) is 1. The van der Waals surface area contributed by atoms with E-state index >= 15 is 0 Å². The Hall–Kier alpha value is -1.63. The summed E-state index contributed by atoms with van der Waals surface area (Å²) >= 11 is 1.32. The summed E-state index contributed by atoms with van der Waals surface area (Å²) in [7, 11) is 0. The fourth-order valence-electron chi connectivity index (χ4n) is 1.64. The Morgan fingerprint density at radius 3 is 2.94 bits per heavy atom. The lowest BCUT2D eigenvalue weighted by molar-refractivity contribution is 0.222. The lowest BCUT2D eigenvalue weighted by Gasteiger charge is -2.14. The van der Waals surface area contributed by atoms with Crippen molar-refractivity contribution in [1.82, 2.24) is 9.88 Å². The second-order valence-electron chi connectivity index (χ2n) is 3.85. The van der Waals surface area contributed by atoms with E-state index in [1.807, 2.05) is 0 Å². The number of nitrogens with zero attached hydrogens (tertiary/aromatic N) is 3. The monoisotopic (exact) mass is 254 g/mol. The van der Waals surface area contributed by atoms with Gasteiger partial charge in [-0.1, -0.05) is 5.16 Å². The zero-order valence-electron chi connectivity index (χ0n) is 9.51. The van der Waals surface area contributed by atoms with E-state index in [4.69, 9.17) is 5.21 Å². The molecule has 1 aliphatic heterocycles. The van der Waals surface area contributed by atoms with Crippen molar-refractivity contribution in [3.63, 3.8) is 0 Å². The number of hydrogen-bond acceptors (Lipinski definition) is 5. The molecule has 0 saturated carbocycles. The third kappa shape index (κ3) is 2.73. The smallest absolute Gasteiger partial charge is 0.323 e. The van der Waals surface area contributed by atoms with Crippen LogP contribution in [-0.2, 0) is 0 Å². The summed E-state index contributed by atoms with van der Waals surface area (Å²) in [5.74, 6) is 0. The van der Waals surface area contributed by atoms with Gasteiger partial charge in [0.2, 0.25) is 0 Å². The molecule has 6 nitrogen and oxygen atoms in total. The summed E-state index contributed by atoms with van der Waals surface area (Å²) in [6.07, 6.45) is 2.12. The van der Waals surface area contributed by atoms with E-state index in [0.717, 1.165) is 25.9 Å². The number of thiazole rings is 1. The fourth-order valence-corrected chi connectivity index (χ4v) is 2.38. The van der Waals surface area contributed by atoms with Gasteiger partial charge in [-0.3, -0.25) is 5.32 Å². The summed E-state index contributed by atoms with van der Waals surface area (Å²) in [4.78, 5) is 17.7. The maximum Gasteiger partial charge on any atom is 0.323 e. The van der Waals surface area contributed by atoms with Gasteiger partial charge in [-0.25, -0.2) is 9.78 Å². The normalized spacial score (nSPS) is 16.3. The first-order valence-corrected chi connectivity index (χ1v) is 6.29. The topological polar surface area (TPSA) is 77.8 Å². The highest BCUT2D eigenvalue weighted by atomic mass is 32.1. The van der Waals surface area contributed by atoms with Crippen molar-refractivity contribution in [1.29, 1.82) is 0 Å². The number of rotatable bonds is 2. The summed E-state index contributed by atoms with van der Waals surface area (Å²) in [6.45, 7) is 3.27. The van der Waals surface area contributed by atoms with Crippen LogP contribution in [0.3, 0.4) is 0 Å². The van der Waals surface area contributed by atoms with Crippen LogP contribution in [0, 0.1) is 0 Å². The summed E-state index contributed by atoms with van der Waals surface area (Å²) < 4.78 is 0. The third-order valence-corrected chi connectivity index (χ3v) is 3.39. The molecule has 0 spiro atoms. The van der Waals surface area contributed by atoms with Gasteiger partial charge in [-0.2, -0.15) is 0 Å². The first kappa shape index (κ1) is 11.8. The van der Waals surface area contributed by atoms with Crippen LogP contribution >= 0.6 is 11.3 Å². The molecular weight excluding hydrogens is 240 g/mol. The maximum atomic E-state index is 11.8. The Bertz CT molecular complexity index is 437. The van der Waals surface area contributed by atoms with E-state index in [1.54, 1.807) is 17.2 Å². The third-order valence-electron chi connectivity index (χ3n) is 2.63. The zero-order valence-corrected chi connectivity index (χ0v) is 10.3. The number of amides is 2. The number of carbonyl (C=O) groups excluding carboxylic acids is 1.